The van der Waals surface area contributed by atoms with Gasteiger partial charge in [-0.3, -0.25) is 0 Å². The third-order valence-electron chi connectivity index (χ3n) is 3.50. The summed E-state index contributed by atoms with van der Waals surface area (Å²) in [5, 5.41) is 10.1. The summed E-state index contributed by atoms with van der Waals surface area (Å²) in [6.07, 6.45) is 4.62. The fourth-order valence-electron chi connectivity index (χ4n) is 2.64. The van der Waals surface area contributed by atoms with Crippen LogP contribution in [0.3, 0.4) is 0 Å². The molecule has 0 bridgehead atoms. The van der Waals surface area contributed by atoms with E-state index in [0.717, 1.165) is 43.9 Å². The van der Waals surface area contributed by atoms with E-state index in [2.05, 4.69) is 52.4 Å². The van der Waals surface area contributed by atoms with E-state index in [0.29, 0.717) is 0 Å². The molecule has 5 heteroatoms. The van der Waals surface area contributed by atoms with Crippen LogP contribution in [0.2, 0.25) is 0 Å². The van der Waals surface area contributed by atoms with Gasteiger partial charge in [0.1, 0.15) is 0 Å². The minimum Gasteiger partial charge on any atom is -0.388 e. The van der Waals surface area contributed by atoms with Gasteiger partial charge in [-0.2, -0.15) is 0 Å². The molecule has 1 aromatic carbocycles. The quantitative estimate of drug-likeness (QED) is 0.641. The molecule has 19 heavy (non-hydrogen) atoms. The first kappa shape index (κ1) is 13.9. The van der Waals surface area contributed by atoms with Crippen molar-refractivity contribution in [1.29, 1.82) is 0 Å². The Bertz CT molecular complexity index is 613. The standard InChI is InChI=1S/C14H12Br3NO/c15-8-6-10(16)14(11(17)7-8)18-5-4-9-12(18)2-1-3-13(9)19/h4-7,13,19H,1-3H2. The largest absolute Gasteiger partial charge is 0.388 e. The Balaban J connectivity index is 2.19. The van der Waals surface area contributed by atoms with E-state index in [1.54, 1.807) is 0 Å². The van der Waals surface area contributed by atoms with Crippen molar-refractivity contribution in [1.82, 2.24) is 4.57 Å². The lowest BCUT2D eigenvalue weighted by Crippen LogP contribution is -2.11. The molecule has 100 valence electrons. The van der Waals surface area contributed by atoms with Crippen LogP contribution in [0.1, 0.15) is 30.2 Å². The highest BCUT2D eigenvalue weighted by molar-refractivity contribution is 9.11. The Kier molecular flexibility index (Phi) is 3.91. The number of fused-ring (bicyclic) bond motifs is 1. The number of halogens is 3. The van der Waals surface area contributed by atoms with Crippen LogP contribution in [0, 0.1) is 0 Å². The Morgan fingerprint density at radius 2 is 1.84 bits per heavy atom. The van der Waals surface area contributed by atoms with E-state index in [1.165, 1.54) is 5.69 Å². The fourth-order valence-corrected chi connectivity index (χ4v) is 5.28. The summed E-state index contributed by atoms with van der Waals surface area (Å²) >= 11 is 10.7. The SMILES string of the molecule is OC1CCCc2c1ccn2-c1c(Br)cc(Br)cc1Br. The van der Waals surface area contributed by atoms with Crippen LogP contribution in [0.25, 0.3) is 5.69 Å². The van der Waals surface area contributed by atoms with Gasteiger partial charge in [0, 0.05) is 30.9 Å². The Labute approximate surface area is 137 Å². The smallest absolute Gasteiger partial charge is 0.0807 e. The molecule has 3 rings (SSSR count). The van der Waals surface area contributed by atoms with Crippen LogP contribution < -0.4 is 0 Å². The summed E-state index contributed by atoms with van der Waals surface area (Å²) in [7, 11) is 0. The minimum atomic E-state index is -0.321. The Morgan fingerprint density at radius 1 is 1.16 bits per heavy atom. The molecular weight excluding hydrogens is 438 g/mol. The van der Waals surface area contributed by atoms with E-state index in [-0.39, 0.29) is 6.10 Å². The second kappa shape index (κ2) is 5.35. The molecule has 0 fully saturated rings. The minimum absolute atomic E-state index is 0.321. The van der Waals surface area contributed by atoms with Crippen molar-refractivity contribution < 1.29 is 5.11 Å². The van der Waals surface area contributed by atoms with Gasteiger partial charge < -0.3 is 9.67 Å². The maximum Gasteiger partial charge on any atom is 0.0807 e. The number of aromatic nitrogens is 1. The van der Waals surface area contributed by atoms with Crippen LogP contribution in [0.5, 0.6) is 0 Å². The molecule has 2 aromatic rings. The molecule has 1 aliphatic carbocycles. The highest BCUT2D eigenvalue weighted by Crippen LogP contribution is 2.37. The van der Waals surface area contributed by atoms with Crippen molar-refractivity contribution >= 4 is 47.8 Å². The van der Waals surface area contributed by atoms with Gasteiger partial charge in [0.05, 0.1) is 11.8 Å². The summed E-state index contributed by atoms with van der Waals surface area (Å²) in [4.78, 5) is 0. The van der Waals surface area contributed by atoms with Crippen molar-refractivity contribution in [3.63, 3.8) is 0 Å². The zero-order valence-corrected chi connectivity index (χ0v) is 14.8. The molecule has 0 amide bonds. The molecule has 0 aliphatic heterocycles. The molecule has 1 heterocycles. The van der Waals surface area contributed by atoms with E-state index in [1.807, 2.05) is 24.4 Å². The lowest BCUT2D eigenvalue weighted by molar-refractivity contribution is 0.156. The number of aliphatic hydroxyl groups is 1. The van der Waals surface area contributed by atoms with Gasteiger partial charge in [0.2, 0.25) is 0 Å². The van der Waals surface area contributed by atoms with Crippen molar-refractivity contribution in [3.05, 3.63) is 49.1 Å². The van der Waals surface area contributed by atoms with Crippen LogP contribution in [0.15, 0.2) is 37.8 Å². The van der Waals surface area contributed by atoms with Gasteiger partial charge in [-0.1, -0.05) is 15.9 Å². The molecular formula is C14H12Br3NO. The second-order valence-corrected chi connectivity index (χ2v) is 7.34. The summed E-state index contributed by atoms with van der Waals surface area (Å²) in [5.74, 6) is 0. The van der Waals surface area contributed by atoms with E-state index in [9.17, 15) is 5.11 Å². The molecule has 0 spiro atoms. The summed E-state index contributed by atoms with van der Waals surface area (Å²) < 4.78 is 5.23. The first-order chi connectivity index (χ1) is 9.08. The predicted octanol–water partition coefficient (Wildman–Crippen LogP) is 5.13. The van der Waals surface area contributed by atoms with Crippen molar-refractivity contribution in [2.75, 3.05) is 0 Å². The molecule has 1 unspecified atom stereocenters. The molecule has 0 radical (unpaired) electrons. The lowest BCUT2D eigenvalue weighted by atomic mass is 9.95. The molecule has 1 atom stereocenters. The number of aliphatic hydroxyl groups excluding tert-OH is 1. The van der Waals surface area contributed by atoms with Crippen molar-refractivity contribution in [2.45, 2.75) is 25.4 Å². The topological polar surface area (TPSA) is 25.2 Å². The predicted molar refractivity (Wildman–Crippen MR) is 86.8 cm³/mol. The van der Waals surface area contributed by atoms with Crippen molar-refractivity contribution in [3.8, 4) is 5.69 Å². The van der Waals surface area contributed by atoms with Crippen LogP contribution in [-0.4, -0.2) is 9.67 Å². The highest BCUT2D eigenvalue weighted by atomic mass is 79.9. The molecule has 1 aliphatic rings. The van der Waals surface area contributed by atoms with Gasteiger partial charge in [-0.25, -0.2) is 0 Å². The second-order valence-electron chi connectivity index (χ2n) is 4.71. The van der Waals surface area contributed by atoms with Gasteiger partial charge in [0.25, 0.3) is 0 Å². The number of benzene rings is 1. The number of hydrogen-bond acceptors (Lipinski definition) is 1. The Morgan fingerprint density at radius 3 is 2.53 bits per heavy atom. The molecule has 2 nitrogen and oxygen atoms in total. The number of hydrogen-bond donors (Lipinski definition) is 1. The zero-order valence-electron chi connectivity index (χ0n) is 10.0. The van der Waals surface area contributed by atoms with Gasteiger partial charge in [0.15, 0.2) is 0 Å². The van der Waals surface area contributed by atoms with Crippen LogP contribution >= 0.6 is 47.8 Å². The van der Waals surface area contributed by atoms with Gasteiger partial charge in [-0.05, 0) is 69.3 Å². The summed E-state index contributed by atoms with van der Waals surface area (Å²) in [6, 6.07) is 6.09. The third kappa shape index (κ3) is 2.46. The first-order valence-electron chi connectivity index (χ1n) is 6.11. The normalized spacial score (nSPS) is 18.4. The molecule has 1 N–H and O–H groups in total. The molecule has 0 saturated heterocycles. The molecule has 1 aromatic heterocycles. The average Bonchev–Trinajstić information content (AvgIpc) is 2.73. The fraction of sp³-hybridized carbons (Fsp3) is 0.286. The molecule has 0 saturated carbocycles. The maximum atomic E-state index is 10.1. The third-order valence-corrected chi connectivity index (χ3v) is 5.17. The Hall–Kier alpha value is -0.100. The van der Waals surface area contributed by atoms with Gasteiger partial charge >= 0.3 is 0 Å². The van der Waals surface area contributed by atoms with Crippen molar-refractivity contribution in [2.24, 2.45) is 0 Å². The first-order valence-corrected chi connectivity index (χ1v) is 8.49. The van der Waals surface area contributed by atoms with E-state index in [4.69, 9.17) is 0 Å². The summed E-state index contributed by atoms with van der Waals surface area (Å²) in [6.45, 7) is 0. The lowest BCUT2D eigenvalue weighted by Gasteiger charge is -2.21. The number of rotatable bonds is 1. The summed E-state index contributed by atoms with van der Waals surface area (Å²) in [5.41, 5.74) is 3.36. The van der Waals surface area contributed by atoms with E-state index < -0.39 is 0 Å². The monoisotopic (exact) mass is 447 g/mol. The van der Waals surface area contributed by atoms with Crippen LogP contribution in [0.4, 0.5) is 0 Å². The van der Waals surface area contributed by atoms with Gasteiger partial charge in [-0.15, -0.1) is 0 Å². The zero-order chi connectivity index (χ0) is 13.6. The van der Waals surface area contributed by atoms with E-state index >= 15 is 0 Å². The highest BCUT2D eigenvalue weighted by Gasteiger charge is 2.23. The van der Waals surface area contributed by atoms with Crippen LogP contribution in [-0.2, 0) is 6.42 Å². The maximum absolute atomic E-state index is 10.1. The average molecular weight is 450 g/mol. The number of nitrogens with zero attached hydrogens (tertiary/aromatic N) is 1.